The summed E-state index contributed by atoms with van der Waals surface area (Å²) in [5.74, 6) is -0.0663. The van der Waals surface area contributed by atoms with Gasteiger partial charge in [-0.25, -0.2) is 0 Å². The summed E-state index contributed by atoms with van der Waals surface area (Å²) in [7, 11) is -0.545. The second-order valence-electron chi connectivity index (χ2n) is 5.85. The maximum absolute atomic E-state index is 11.5. The SMILES string of the molecule is CC(=O)c1cccc(B2OC(C)(C)C(C)(C)O2)c1Cl. The molecule has 1 aromatic rings. The smallest absolute Gasteiger partial charge is 0.399 e. The van der Waals surface area contributed by atoms with Crippen molar-refractivity contribution in [1.82, 2.24) is 0 Å². The fraction of sp³-hybridized carbons (Fsp3) is 0.500. The Labute approximate surface area is 119 Å². The predicted molar refractivity (Wildman–Crippen MR) is 77.2 cm³/mol. The Hall–Kier alpha value is -0.835. The van der Waals surface area contributed by atoms with E-state index in [0.717, 1.165) is 0 Å². The molecule has 0 bridgehead atoms. The van der Waals surface area contributed by atoms with Crippen molar-refractivity contribution in [1.29, 1.82) is 0 Å². The van der Waals surface area contributed by atoms with Gasteiger partial charge in [0.2, 0.25) is 0 Å². The zero-order chi connectivity index (χ0) is 14.4. The quantitative estimate of drug-likeness (QED) is 0.617. The third kappa shape index (κ3) is 2.45. The van der Waals surface area contributed by atoms with E-state index in [-0.39, 0.29) is 5.78 Å². The van der Waals surface area contributed by atoms with Gasteiger partial charge in [0, 0.05) is 11.0 Å². The Balaban J connectivity index is 2.40. The molecule has 0 radical (unpaired) electrons. The number of ketones is 1. The van der Waals surface area contributed by atoms with Gasteiger partial charge in [0.1, 0.15) is 0 Å². The average Bonchev–Trinajstić information content (AvgIpc) is 2.47. The minimum absolute atomic E-state index is 0.0663. The van der Waals surface area contributed by atoms with Gasteiger partial charge in [-0.15, -0.1) is 0 Å². The van der Waals surface area contributed by atoms with Crippen molar-refractivity contribution in [3.8, 4) is 0 Å². The second-order valence-corrected chi connectivity index (χ2v) is 6.23. The van der Waals surface area contributed by atoms with Gasteiger partial charge in [-0.1, -0.05) is 23.7 Å². The number of hydrogen-bond acceptors (Lipinski definition) is 3. The van der Waals surface area contributed by atoms with Gasteiger partial charge < -0.3 is 9.31 Å². The van der Waals surface area contributed by atoms with Crippen molar-refractivity contribution in [3.05, 3.63) is 28.8 Å². The number of rotatable bonds is 2. The lowest BCUT2D eigenvalue weighted by atomic mass is 9.78. The monoisotopic (exact) mass is 280 g/mol. The van der Waals surface area contributed by atoms with Gasteiger partial charge in [-0.2, -0.15) is 0 Å². The third-order valence-corrected chi connectivity index (χ3v) is 4.34. The molecule has 2 rings (SSSR count). The largest absolute Gasteiger partial charge is 0.496 e. The molecule has 0 amide bonds. The van der Waals surface area contributed by atoms with E-state index in [0.29, 0.717) is 16.0 Å². The van der Waals surface area contributed by atoms with Crippen molar-refractivity contribution in [3.63, 3.8) is 0 Å². The summed E-state index contributed by atoms with van der Waals surface area (Å²) in [6.07, 6.45) is 0. The van der Waals surface area contributed by atoms with Crippen LogP contribution in [0, 0.1) is 0 Å². The lowest BCUT2D eigenvalue weighted by Gasteiger charge is -2.32. The number of Topliss-reactive ketones (excluding diaryl/α,β-unsaturated/α-hetero) is 1. The van der Waals surface area contributed by atoms with Crippen molar-refractivity contribution in [2.24, 2.45) is 0 Å². The van der Waals surface area contributed by atoms with E-state index in [1.807, 2.05) is 33.8 Å². The minimum atomic E-state index is -0.545. The zero-order valence-corrected chi connectivity index (χ0v) is 12.7. The molecule has 0 atom stereocenters. The molecule has 19 heavy (non-hydrogen) atoms. The summed E-state index contributed by atoms with van der Waals surface area (Å²) >= 11 is 6.29. The summed E-state index contributed by atoms with van der Waals surface area (Å²) in [6, 6.07) is 5.33. The van der Waals surface area contributed by atoms with Crippen molar-refractivity contribution >= 4 is 30.0 Å². The van der Waals surface area contributed by atoms with Crippen molar-refractivity contribution < 1.29 is 14.1 Å². The van der Waals surface area contributed by atoms with E-state index in [1.165, 1.54) is 6.92 Å². The van der Waals surface area contributed by atoms with Gasteiger partial charge >= 0.3 is 7.12 Å². The first-order valence-electron chi connectivity index (χ1n) is 6.31. The zero-order valence-electron chi connectivity index (χ0n) is 11.9. The van der Waals surface area contributed by atoms with Crippen LogP contribution < -0.4 is 5.46 Å². The highest BCUT2D eigenvalue weighted by Gasteiger charge is 2.52. The number of halogens is 1. The predicted octanol–water partition coefficient (Wildman–Crippen LogP) is 2.84. The summed E-state index contributed by atoms with van der Waals surface area (Å²) in [4.78, 5) is 11.5. The molecule has 1 fully saturated rings. The fourth-order valence-electron chi connectivity index (χ4n) is 1.97. The Morgan fingerprint density at radius 2 is 1.68 bits per heavy atom. The molecular formula is C14H18BClO3. The van der Waals surface area contributed by atoms with Crippen LogP contribution in [0.15, 0.2) is 18.2 Å². The van der Waals surface area contributed by atoms with Gasteiger partial charge in [0.05, 0.1) is 16.2 Å². The van der Waals surface area contributed by atoms with Crippen molar-refractivity contribution in [2.75, 3.05) is 0 Å². The van der Waals surface area contributed by atoms with Gasteiger partial charge in [-0.05, 0) is 40.7 Å². The lowest BCUT2D eigenvalue weighted by Crippen LogP contribution is -2.41. The number of carbonyl (C=O) groups is 1. The molecule has 3 nitrogen and oxygen atoms in total. The topological polar surface area (TPSA) is 35.5 Å². The molecule has 0 unspecified atom stereocenters. The van der Waals surface area contributed by atoms with Crippen LogP contribution >= 0.6 is 11.6 Å². The highest BCUT2D eigenvalue weighted by atomic mass is 35.5. The van der Waals surface area contributed by atoms with Crippen LogP contribution in [-0.4, -0.2) is 24.1 Å². The van der Waals surface area contributed by atoms with Crippen LogP contribution in [0.3, 0.4) is 0 Å². The van der Waals surface area contributed by atoms with Crippen LogP contribution in [0.2, 0.25) is 5.02 Å². The lowest BCUT2D eigenvalue weighted by molar-refractivity contribution is 0.00578. The molecule has 0 spiro atoms. The molecule has 0 aliphatic carbocycles. The number of hydrogen-bond donors (Lipinski definition) is 0. The third-order valence-electron chi connectivity index (χ3n) is 3.92. The van der Waals surface area contributed by atoms with E-state index in [4.69, 9.17) is 20.9 Å². The van der Waals surface area contributed by atoms with Crippen LogP contribution in [0.4, 0.5) is 0 Å². The summed E-state index contributed by atoms with van der Waals surface area (Å²) in [5, 5.41) is 0.411. The Morgan fingerprint density at radius 3 is 2.16 bits per heavy atom. The summed E-state index contributed by atoms with van der Waals surface area (Å²) in [5.41, 5.74) is 0.349. The van der Waals surface area contributed by atoms with Crippen LogP contribution in [0.5, 0.6) is 0 Å². The Kier molecular flexibility index (Phi) is 3.54. The molecule has 1 aliphatic heterocycles. The highest BCUT2D eigenvalue weighted by Crippen LogP contribution is 2.37. The molecular weight excluding hydrogens is 262 g/mol. The molecule has 5 heteroatoms. The molecule has 102 valence electrons. The Morgan fingerprint density at radius 1 is 1.16 bits per heavy atom. The average molecular weight is 281 g/mol. The van der Waals surface area contributed by atoms with E-state index >= 15 is 0 Å². The standard InChI is InChI=1S/C14H18BClO3/c1-9(17)10-7-6-8-11(12(10)16)15-18-13(2,3)14(4,5)19-15/h6-8H,1-5H3. The van der Waals surface area contributed by atoms with Crippen LogP contribution in [-0.2, 0) is 9.31 Å². The maximum atomic E-state index is 11.5. The molecule has 0 aromatic heterocycles. The first-order valence-corrected chi connectivity index (χ1v) is 6.68. The molecule has 1 aromatic carbocycles. The number of benzene rings is 1. The van der Waals surface area contributed by atoms with E-state index in [2.05, 4.69) is 0 Å². The van der Waals surface area contributed by atoms with E-state index in [9.17, 15) is 4.79 Å². The maximum Gasteiger partial charge on any atom is 0.496 e. The van der Waals surface area contributed by atoms with Gasteiger partial charge in [-0.3, -0.25) is 4.79 Å². The van der Waals surface area contributed by atoms with Gasteiger partial charge in [0.15, 0.2) is 5.78 Å². The summed E-state index contributed by atoms with van der Waals surface area (Å²) in [6.45, 7) is 9.42. The molecule has 1 saturated heterocycles. The number of carbonyl (C=O) groups excluding carboxylic acids is 1. The molecule has 0 N–H and O–H groups in total. The van der Waals surface area contributed by atoms with Gasteiger partial charge in [0.25, 0.3) is 0 Å². The molecule has 1 heterocycles. The van der Waals surface area contributed by atoms with E-state index in [1.54, 1.807) is 12.1 Å². The normalized spacial score (nSPS) is 20.6. The van der Waals surface area contributed by atoms with E-state index < -0.39 is 18.3 Å². The van der Waals surface area contributed by atoms with Crippen LogP contribution in [0.1, 0.15) is 45.0 Å². The molecule has 0 saturated carbocycles. The molecule has 1 aliphatic rings. The minimum Gasteiger partial charge on any atom is -0.399 e. The fourth-order valence-corrected chi connectivity index (χ4v) is 2.32. The first kappa shape index (κ1) is 14.6. The second kappa shape index (κ2) is 4.62. The summed E-state index contributed by atoms with van der Waals surface area (Å²) < 4.78 is 11.9. The first-order chi connectivity index (χ1) is 8.66. The Bertz CT molecular complexity index is 509. The van der Waals surface area contributed by atoms with Crippen LogP contribution in [0.25, 0.3) is 0 Å². The van der Waals surface area contributed by atoms with Crippen molar-refractivity contribution in [2.45, 2.75) is 45.8 Å². The highest BCUT2D eigenvalue weighted by molar-refractivity contribution is 6.66.